The highest BCUT2D eigenvalue weighted by Gasteiger charge is 2.22. The molecule has 4 heterocycles. The summed E-state index contributed by atoms with van der Waals surface area (Å²) in [6.45, 7) is 2.13. The monoisotopic (exact) mass is 472 g/mol. The summed E-state index contributed by atoms with van der Waals surface area (Å²) in [5, 5.41) is 9.44. The molecule has 0 spiro atoms. The molecule has 0 radical (unpaired) electrons. The zero-order valence-electron chi connectivity index (χ0n) is 18.6. The number of carbonyl (C=O) groups excluding carboxylic acids is 2. The van der Waals surface area contributed by atoms with Gasteiger partial charge in [0.25, 0.3) is 5.91 Å². The number of nitrogens with zero attached hydrogens (tertiary/aromatic N) is 5. The first-order valence-electron chi connectivity index (χ1n) is 11.2. The summed E-state index contributed by atoms with van der Waals surface area (Å²) < 4.78 is 2.02. The van der Waals surface area contributed by atoms with Crippen molar-refractivity contribution < 1.29 is 9.59 Å². The van der Waals surface area contributed by atoms with Gasteiger partial charge in [-0.25, -0.2) is 0 Å². The lowest BCUT2D eigenvalue weighted by molar-refractivity contribution is 0.0787. The van der Waals surface area contributed by atoms with Crippen LogP contribution in [0.25, 0.3) is 11.4 Å². The first-order chi connectivity index (χ1) is 16.7. The zero-order valence-corrected chi connectivity index (χ0v) is 19.4. The summed E-state index contributed by atoms with van der Waals surface area (Å²) in [5.74, 6) is 0.801. The van der Waals surface area contributed by atoms with Gasteiger partial charge in [-0.2, -0.15) is 0 Å². The number of hydrogen-bond acceptors (Lipinski definition) is 6. The van der Waals surface area contributed by atoms with Crippen LogP contribution in [0.3, 0.4) is 0 Å². The number of ketones is 1. The van der Waals surface area contributed by atoms with Crippen molar-refractivity contribution >= 4 is 23.5 Å². The van der Waals surface area contributed by atoms with Crippen molar-refractivity contribution in [1.29, 1.82) is 0 Å². The van der Waals surface area contributed by atoms with Crippen molar-refractivity contribution in [3.05, 3.63) is 83.9 Å². The van der Waals surface area contributed by atoms with Crippen LogP contribution in [0.15, 0.2) is 72.3 Å². The Balaban J connectivity index is 1.33. The number of aromatic amines is 1. The van der Waals surface area contributed by atoms with E-state index in [0.717, 1.165) is 42.9 Å². The van der Waals surface area contributed by atoms with Crippen molar-refractivity contribution in [2.24, 2.45) is 0 Å². The maximum absolute atomic E-state index is 12.9. The van der Waals surface area contributed by atoms with Gasteiger partial charge in [-0.1, -0.05) is 42.1 Å². The molecule has 0 aliphatic carbocycles. The summed E-state index contributed by atoms with van der Waals surface area (Å²) in [4.78, 5) is 34.3. The average Bonchev–Trinajstić information content (AvgIpc) is 3.65. The molecule has 3 aromatic heterocycles. The van der Waals surface area contributed by atoms with E-state index in [2.05, 4.69) is 32.3 Å². The van der Waals surface area contributed by atoms with Crippen LogP contribution in [0.2, 0.25) is 0 Å². The predicted octanol–water partition coefficient (Wildman–Crippen LogP) is 3.93. The summed E-state index contributed by atoms with van der Waals surface area (Å²) in [6.07, 6.45) is 7.11. The molecule has 1 N–H and O–H groups in total. The Kier molecular flexibility index (Phi) is 6.53. The number of Topliss-reactive ketones (excluding diaryl/α,β-unsaturated/α-hetero) is 1. The first kappa shape index (κ1) is 22.1. The van der Waals surface area contributed by atoms with Crippen LogP contribution >= 0.6 is 11.8 Å². The van der Waals surface area contributed by atoms with E-state index in [9.17, 15) is 9.59 Å². The predicted molar refractivity (Wildman–Crippen MR) is 130 cm³/mol. The molecular weight excluding hydrogens is 448 g/mol. The Morgan fingerprint density at radius 3 is 2.53 bits per heavy atom. The molecule has 9 heteroatoms. The molecule has 8 nitrogen and oxygen atoms in total. The lowest BCUT2D eigenvalue weighted by Crippen LogP contribution is -2.27. The smallest absolute Gasteiger partial charge is 0.270 e. The Hall–Kier alpha value is -3.72. The molecule has 1 aliphatic heterocycles. The minimum atomic E-state index is -0.0681. The number of thioether (sulfide) groups is 1. The molecule has 34 heavy (non-hydrogen) atoms. The molecule has 1 amide bonds. The van der Waals surface area contributed by atoms with Gasteiger partial charge in [0, 0.05) is 42.8 Å². The van der Waals surface area contributed by atoms with Crippen LogP contribution < -0.4 is 0 Å². The molecule has 0 bridgehead atoms. The number of hydrogen-bond donors (Lipinski definition) is 1. The SMILES string of the molecule is O=C(CSc1nnc(-c2ccncc2)n1Cc1ccccc1)c1c[nH]c(C(=O)N2CCCC2)c1. The van der Waals surface area contributed by atoms with Gasteiger partial charge in [-0.15, -0.1) is 10.2 Å². The van der Waals surface area contributed by atoms with E-state index in [1.807, 2.05) is 39.8 Å². The molecule has 0 unspecified atom stereocenters. The van der Waals surface area contributed by atoms with Gasteiger partial charge in [0.1, 0.15) is 5.69 Å². The Morgan fingerprint density at radius 1 is 1.00 bits per heavy atom. The number of benzene rings is 1. The highest BCUT2D eigenvalue weighted by Crippen LogP contribution is 2.26. The lowest BCUT2D eigenvalue weighted by Gasteiger charge is -2.13. The van der Waals surface area contributed by atoms with Crippen molar-refractivity contribution in [2.45, 2.75) is 24.5 Å². The Morgan fingerprint density at radius 2 is 1.76 bits per heavy atom. The second kappa shape index (κ2) is 10.0. The van der Waals surface area contributed by atoms with Crippen LogP contribution in [0.4, 0.5) is 0 Å². The summed E-state index contributed by atoms with van der Waals surface area (Å²) in [5.41, 5.74) is 2.98. The molecule has 4 aromatic rings. The van der Waals surface area contributed by atoms with Gasteiger partial charge >= 0.3 is 0 Å². The van der Waals surface area contributed by atoms with Crippen molar-refractivity contribution in [3.8, 4) is 11.4 Å². The number of carbonyl (C=O) groups is 2. The number of aromatic nitrogens is 5. The van der Waals surface area contributed by atoms with E-state index >= 15 is 0 Å². The fourth-order valence-corrected chi connectivity index (χ4v) is 4.83. The standard InChI is InChI=1S/C25H24N6O2S/c32-22(20-14-21(27-15-20)24(33)30-12-4-5-13-30)17-34-25-29-28-23(19-8-10-26-11-9-19)31(25)16-18-6-2-1-3-7-18/h1-3,6-11,14-15,27H,4-5,12-13,16-17H2. The van der Waals surface area contributed by atoms with Crippen LogP contribution in [0, 0.1) is 0 Å². The lowest BCUT2D eigenvalue weighted by atomic mass is 10.2. The van der Waals surface area contributed by atoms with Gasteiger partial charge in [-0.05, 0) is 36.6 Å². The molecule has 5 rings (SSSR count). The second-order valence-electron chi connectivity index (χ2n) is 8.13. The number of nitrogens with one attached hydrogen (secondary N) is 1. The Bertz CT molecular complexity index is 1280. The third-order valence-corrected chi connectivity index (χ3v) is 6.77. The third-order valence-electron chi connectivity index (χ3n) is 5.80. The number of likely N-dealkylation sites (tertiary alicyclic amines) is 1. The minimum Gasteiger partial charge on any atom is -0.356 e. The van der Waals surface area contributed by atoms with E-state index in [-0.39, 0.29) is 17.4 Å². The highest BCUT2D eigenvalue weighted by molar-refractivity contribution is 7.99. The fourth-order valence-electron chi connectivity index (χ4n) is 4.00. The average molecular weight is 473 g/mol. The zero-order chi connectivity index (χ0) is 23.3. The summed E-state index contributed by atoms with van der Waals surface area (Å²) in [7, 11) is 0. The van der Waals surface area contributed by atoms with E-state index in [1.165, 1.54) is 11.8 Å². The largest absolute Gasteiger partial charge is 0.356 e. The third kappa shape index (κ3) is 4.79. The van der Waals surface area contributed by atoms with Gasteiger partial charge < -0.3 is 9.88 Å². The topological polar surface area (TPSA) is 96.8 Å². The van der Waals surface area contributed by atoms with Crippen LogP contribution in [0.5, 0.6) is 0 Å². The quantitative estimate of drug-likeness (QED) is 0.308. The molecule has 172 valence electrons. The van der Waals surface area contributed by atoms with Crippen molar-refractivity contribution in [2.75, 3.05) is 18.8 Å². The van der Waals surface area contributed by atoms with Gasteiger partial charge in [0.15, 0.2) is 16.8 Å². The van der Waals surface area contributed by atoms with E-state index in [0.29, 0.717) is 23.0 Å². The minimum absolute atomic E-state index is 0.0474. The van der Waals surface area contributed by atoms with Crippen LogP contribution in [-0.2, 0) is 6.54 Å². The second-order valence-corrected chi connectivity index (χ2v) is 9.07. The first-order valence-corrected chi connectivity index (χ1v) is 12.2. The molecular formula is C25H24N6O2S. The number of rotatable bonds is 8. The molecule has 1 aromatic carbocycles. The molecule has 1 fully saturated rings. The molecule has 0 atom stereocenters. The number of H-pyrrole nitrogens is 1. The van der Waals surface area contributed by atoms with E-state index in [1.54, 1.807) is 24.7 Å². The van der Waals surface area contributed by atoms with Crippen molar-refractivity contribution in [1.82, 2.24) is 29.6 Å². The van der Waals surface area contributed by atoms with Gasteiger partial charge in [0.05, 0.1) is 12.3 Å². The van der Waals surface area contributed by atoms with Gasteiger partial charge in [-0.3, -0.25) is 19.1 Å². The highest BCUT2D eigenvalue weighted by atomic mass is 32.2. The molecule has 1 aliphatic rings. The van der Waals surface area contributed by atoms with E-state index < -0.39 is 0 Å². The Labute approximate surface area is 201 Å². The summed E-state index contributed by atoms with van der Waals surface area (Å²) >= 11 is 1.34. The van der Waals surface area contributed by atoms with Gasteiger partial charge in [0.2, 0.25) is 0 Å². The van der Waals surface area contributed by atoms with Crippen LogP contribution in [0.1, 0.15) is 39.3 Å². The number of amides is 1. The van der Waals surface area contributed by atoms with Crippen LogP contribution in [-0.4, -0.2) is 60.2 Å². The van der Waals surface area contributed by atoms with E-state index in [4.69, 9.17) is 0 Å². The normalized spacial score (nSPS) is 13.4. The maximum atomic E-state index is 12.9. The molecule has 1 saturated heterocycles. The maximum Gasteiger partial charge on any atom is 0.270 e. The van der Waals surface area contributed by atoms with Crippen molar-refractivity contribution in [3.63, 3.8) is 0 Å². The molecule has 0 saturated carbocycles. The summed E-state index contributed by atoms with van der Waals surface area (Å²) in [6, 6.07) is 15.5. The number of pyridine rings is 1. The fraction of sp³-hybridized carbons (Fsp3) is 0.240.